The third kappa shape index (κ3) is 43.6. The number of aliphatic hydroxyl groups excluding tert-OH is 1. The maximum absolute atomic E-state index is 12.3. The summed E-state index contributed by atoms with van der Waals surface area (Å²) in [5.74, 6) is -2.40. The van der Waals surface area contributed by atoms with Gasteiger partial charge in [-0.1, -0.05) is 190 Å². The summed E-state index contributed by atoms with van der Waals surface area (Å²) in [6, 6.07) is -1.56. The van der Waals surface area contributed by atoms with Crippen molar-refractivity contribution in [1.29, 1.82) is 0 Å². The zero-order chi connectivity index (χ0) is 44.9. The van der Waals surface area contributed by atoms with Crippen LogP contribution in [-0.4, -0.2) is 64.9 Å². The van der Waals surface area contributed by atoms with Gasteiger partial charge in [0, 0.05) is 12.8 Å². The van der Waals surface area contributed by atoms with E-state index in [0.717, 1.165) is 83.5 Å². The van der Waals surface area contributed by atoms with Gasteiger partial charge in [0.15, 0.2) is 6.04 Å². The second-order valence-corrected chi connectivity index (χ2v) is 17.4. The standard InChI is InChI=1S/C49H86NO10P/c1-3-5-7-9-11-13-15-17-19-21-22-23-24-25-26-28-30-32-34-36-38-40-47(52)50-46(49(54)55)44-60-61(56,57)59-43-45(51)42-58-48(53)41-39-37-35-33-31-29-27-20-18-16-14-12-10-8-6-4-2/h5,7,11,13,17,19,22-23,25-26,45-46,51H,3-4,6,8-10,12,14-16,18,20-21,24,27-44H2,1-2H3,(H,50,52)(H,54,55)(H,56,57)/b7-5-,13-11-,19-17-,23-22-,26-25-. The third-order valence-corrected chi connectivity index (χ3v) is 11.0. The number of aliphatic hydroxyl groups is 1. The highest BCUT2D eigenvalue weighted by molar-refractivity contribution is 7.47. The summed E-state index contributed by atoms with van der Waals surface area (Å²) < 4.78 is 26.9. The molecule has 0 aromatic rings. The van der Waals surface area contributed by atoms with E-state index >= 15 is 0 Å². The van der Waals surface area contributed by atoms with E-state index in [1.54, 1.807) is 0 Å². The average molecular weight is 880 g/mol. The summed E-state index contributed by atoms with van der Waals surface area (Å²) in [4.78, 5) is 46.0. The van der Waals surface area contributed by atoms with E-state index in [0.29, 0.717) is 12.8 Å². The molecule has 4 N–H and O–H groups in total. The Bertz CT molecular complexity index is 1260. The van der Waals surface area contributed by atoms with Crippen molar-refractivity contribution in [1.82, 2.24) is 5.32 Å². The molecule has 3 atom stereocenters. The minimum Gasteiger partial charge on any atom is -0.480 e. The van der Waals surface area contributed by atoms with E-state index in [9.17, 15) is 34.1 Å². The number of carbonyl (C=O) groups is 3. The molecule has 352 valence electrons. The number of nitrogens with one attached hydrogen (secondary N) is 1. The van der Waals surface area contributed by atoms with Crippen molar-refractivity contribution in [2.75, 3.05) is 19.8 Å². The van der Waals surface area contributed by atoms with E-state index in [1.807, 2.05) is 0 Å². The van der Waals surface area contributed by atoms with Crippen LogP contribution >= 0.6 is 7.82 Å². The van der Waals surface area contributed by atoms with Gasteiger partial charge in [-0.2, -0.15) is 0 Å². The first-order chi connectivity index (χ1) is 29.6. The Morgan fingerprint density at radius 3 is 1.43 bits per heavy atom. The molecule has 61 heavy (non-hydrogen) atoms. The summed E-state index contributed by atoms with van der Waals surface area (Å²) >= 11 is 0. The summed E-state index contributed by atoms with van der Waals surface area (Å²) in [5, 5.41) is 21.9. The predicted molar refractivity (Wildman–Crippen MR) is 249 cm³/mol. The number of phosphoric acid groups is 1. The van der Waals surface area contributed by atoms with Crippen molar-refractivity contribution >= 4 is 25.7 Å². The predicted octanol–water partition coefficient (Wildman–Crippen LogP) is 12.7. The number of ether oxygens (including phenoxy) is 1. The molecular formula is C49H86NO10P. The number of hydrogen-bond donors (Lipinski definition) is 4. The molecule has 12 heteroatoms. The molecule has 0 aliphatic heterocycles. The van der Waals surface area contributed by atoms with Gasteiger partial charge in [0.1, 0.15) is 12.7 Å². The Hall–Kier alpha value is -2.82. The van der Waals surface area contributed by atoms with Gasteiger partial charge in [-0.15, -0.1) is 0 Å². The molecule has 0 spiro atoms. The molecule has 0 aliphatic rings. The highest BCUT2D eigenvalue weighted by atomic mass is 31.2. The van der Waals surface area contributed by atoms with Gasteiger partial charge in [0.25, 0.3) is 0 Å². The monoisotopic (exact) mass is 880 g/mol. The van der Waals surface area contributed by atoms with Crippen LogP contribution in [0.2, 0.25) is 0 Å². The van der Waals surface area contributed by atoms with Crippen LogP contribution in [0.1, 0.15) is 200 Å². The van der Waals surface area contributed by atoms with E-state index in [1.165, 1.54) is 77.0 Å². The lowest BCUT2D eigenvalue weighted by Crippen LogP contribution is -2.43. The molecule has 0 saturated heterocycles. The minimum absolute atomic E-state index is 0.121. The summed E-state index contributed by atoms with van der Waals surface area (Å²) in [7, 11) is -4.77. The number of unbranched alkanes of at least 4 members (excludes halogenated alkanes) is 20. The minimum atomic E-state index is -4.77. The van der Waals surface area contributed by atoms with Gasteiger partial charge < -0.3 is 25.2 Å². The molecule has 0 aromatic heterocycles. The molecule has 0 radical (unpaired) electrons. The number of carbonyl (C=O) groups excluding carboxylic acids is 2. The second-order valence-electron chi connectivity index (χ2n) is 15.9. The number of esters is 1. The zero-order valence-electron chi connectivity index (χ0n) is 38.2. The largest absolute Gasteiger partial charge is 0.480 e. The number of rotatable bonds is 44. The van der Waals surface area contributed by atoms with Gasteiger partial charge in [-0.25, -0.2) is 9.36 Å². The number of amides is 1. The normalized spacial score (nSPS) is 14.2. The maximum atomic E-state index is 12.3. The molecule has 0 rings (SSSR count). The SMILES string of the molecule is CC/C=C\C/C=C\C/C=C\C/C=C\C/C=C\CCCCCCCC(=O)NC(COP(=O)(O)OCC(O)COC(=O)CCCCCCCCCCCCCCCCCC)C(=O)O. The first kappa shape index (κ1) is 58.2. The molecule has 3 unspecified atom stereocenters. The summed E-state index contributed by atoms with van der Waals surface area (Å²) in [6.07, 6.45) is 50.9. The zero-order valence-corrected chi connectivity index (χ0v) is 39.1. The van der Waals surface area contributed by atoms with Crippen molar-refractivity contribution in [2.45, 2.75) is 212 Å². The van der Waals surface area contributed by atoms with E-state index in [4.69, 9.17) is 13.8 Å². The first-order valence-corrected chi connectivity index (χ1v) is 25.3. The lowest BCUT2D eigenvalue weighted by molar-refractivity contribution is -0.147. The van der Waals surface area contributed by atoms with Crippen LogP contribution in [0.25, 0.3) is 0 Å². The number of phosphoric ester groups is 1. The van der Waals surface area contributed by atoms with E-state index in [2.05, 4.69) is 79.9 Å². The molecular weight excluding hydrogens is 794 g/mol. The fraction of sp³-hybridized carbons (Fsp3) is 0.735. The van der Waals surface area contributed by atoms with Crippen molar-refractivity contribution < 1.29 is 47.8 Å². The number of aliphatic carboxylic acids is 1. The molecule has 0 fully saturated rings. The smallest absolute Gasteiger partial charge is 0.472 e. The molecule has 1 amide bonds. The Morgan fingerprint density at radius 1 is 0.541 bits per heavy atom. The second kappa shape index (κ2) is 43.8. The summed E-state index contributed by atoms with van der Waals surface area (Å²) in [5.41, 5.74) is 0. The van der Waals surface area contributed by atoms with E-state index < -0.39 is 57.6 Å². The summed E-state index contributed by atoms with van der Waals surface area (Å²) in [6.45, 7) is 2.48. The lowest BCUT2D eigenvalue weighted by atomic mass is 10.0. The van der Waals surface area contributed by atoms with Gasteiger partial charge in [-0.3, -0.25) is 18.6 Å². The Morgan fingerprint density at radius 2 is 0.951 bits per heavy atom. The third-order valence-electron chi connectivity index (χ3n) is 10.1. The fourth-order valence-corrected chi connectivity index (χ4v) is 7.17. The van der Waals surface area contributed by atoms with Crippen LogP contribution in [0.3, 0.4) is 0 Å². The van der Waals surface area contributed by atoms with Crippen LogP contribution in [0.5, 0.6) is 0 Å². The van der Waals surface area contributed by atoms with Crippen LogP contribution < -0.4 is 5.32 Å². The number of carboxylic acid groups (broad SMARTS) is 1. The molecule has 0 aromatic carbocycles. The highest BCUT2D eigenvalue weighted by Gasteiger charge is 2.28. The van der Waals surface area contributed by atoms with Gasteiger partial charge in [0.2, 0.25) is 5.91 Å². The van der Waals surface area contributed by atoms with Crippen LogP contribution in [-0.2, 0) is 32.7 Å². The van der Waals surface area contributed by atoms with Crippen LogP contribution in [0.15, 0.2) is 60.8 Å². The van der Waals surface area contributed by atoms with Crippen molar-refractivity contribution in [3.8, 4) is 0 Å². The number of carboxylic acids is 1. The molecule has 0 saturated carbocycles. The quantitative estimate of drug-likeness (QED) is 0.0200. The Kier molecular flexibility index (Phi) is 41.8. The lowest BCUT2D eigenvalue weighted by Gasteiger charge is -2.18. The van der Waals surface area contributed by atoms with Crippen LogP contribution in [0.4, 0.5) is 0 Å². The van der Waals surface area contributed by atoms with Crippen molar-refractivity contribution in [3.63, 3.8) is 0 Å². The molecule has 11 nitrogen and oxygen atoms in total. The van der Waals surface area contributed by atoms with Crippen LogP contribution in [0, 0.1) is 0 Å². The topological polar surface area (TPSA) is 169 Å². The van der Waals surface area contributed by atoms with Gasteiger partial charge in [0.05, 0.1) is 13.2 Å². The Labute approximate surface area is 370 Å². The number of allylic oxidation sites excluding steroid dienone is 10. The van der Waals surface area contributed by atoms with Gasteiger partial charge >= 0.3 is 19.8 Å². The maximum Gasteiger partial charge on any atom is 0.472 e. The molecule has 0 bridgehead atoms. The highest BCUT2D eigenvalue weighted by Crippen LogP contribution is 2.43. The first-order valence-electron chi connectivity index (χ1n) is 23.8. The van der Waals surface area contributed by atoms with E-state index in [-0.39, 0.29) is 12.8 Å². The fourth-order valence-electron chi connectivity index (χ4n) is 6.40. The Balaban J connectivity index is 3.91. The molecule has 0 aliphatic carbocycles. The average Bonchev–Trinajstić information content (AvgIpc) is 3.24. The number of hydrogen-bond acceptors (Lipinski definition) is 8. The van der Waals surface area contributed by atoms with Gasteiger partial charge in [-0.05, 0) is 57.8 Å². The molecule has 0 heterocycles. The van der Waals surface area contributed by atoms with Crippen molar-refractivity contribution in [3.05, 3.63) is 60.8 Å². The van der Waals surface area contributed by atoms with Crippen molar-refractivity contribution in [2.24, 2.45) is 0 Å².